The Labute approximate surface area is 431 Å². The number of carbonyl (C=O) groups excluding carboxylic acids is 3. The lowest BCUT2D eigenvalue weighted by Crippen LogP contribution is -2.44. The number of allylic oxidation sites excluding steroid dienone is 10. The summed E-state index contributed by atoms with van der Waals surface area (Å²) < 4.78 is 22.7. The summed E-state index contributed by atoms with van der Waals surface area (Å²) >= 11 is 0. The lowest BCUT2D eigenvalue weighted by atomic mass is 10.0. The molecule has 0 aliphatic rings. The first-order valence-corrected chi connectivity index (χ1v) is 28.9. The van der Waals surface area contributed by atoms with Crippen LogP contribution in [0.1, 0.15) is 251 Å². The fourth-order valence-electron chi connectivity index (χ4n) is 8.09. The van der Waals surface area contributed by atoms with E-state index in [1.165, 1.54) is 148 Å². The molecule has 2 unspecified atom stereocenters. The molecule has 0 radical (unpaired) electrons. The fourth-order valence-corrected chi connectivity index (χ4v) is 8.09. The molecular weight excluding hydrogens is 875 g/mol. The van der Waals surface area contributed by atoms with Gasteiger partial charge in [0.15, 0.2) is 12.4 Å². The van der Waals surface area contributed by atoms with Crippen molar-refractivity contribution in [2.24, 2.45) is 0 Å². The van der Waals surface area contributed by atoms with Crippen molar-refractivity contribution >= 4 is 17.9 Å². The van der Waals surface area contributed by atoms with E-state index in [1.807, 2.05) is 21.1 Å². The summed E-state index contributed by atoms with van der Waals surface area (Å²) in [5.41, 5.74) is 0. The summed E-state index contributed by atoms with van der Waals surface area (Å²) in [6, 6.07) is 0. The Morgan fingerprint density at radius 3 is 1.21 bits per heavy atom. The van der Waals surface area contributed by atoms with Gasteiger partial charge >= 0.3 is 11.9 Å². The molecule has 0 saturated heterocycles. The standard InChI is InChI=1S/C61H109NO8/c1-6-8-10-12-14-16-18-20-22-24-25-26-27-28-29-30-31-32-33-34-35-36-38-40-42-44-46-48-50-52-59(64)70-57(56-69-61(60(65)66)67-54-53-62(3,4)5)55-68-58(63)51-49-47-45-43-41-39-37-23-21-19-17-15-13-11-9-7-2/h8,10,14,16,20,22,25-26,28-29,57,61H,6-7,9,11-13,15,17-19,21,23-24,27,30-56H2,1-5H3/b10-8-,16-14-,22-20-,26-25-,29-28-. The van der Waals surface area contributed by atoms with Gasteiger partial charge in [-0.15, -0.1) is 0 Å². The number of aliphatic carboxylic acids is 1. The van der Waals surface area contributed by atoms with Gasteiger partial charge in [-0.05, 0) is 57.8 Å². The van der Waals surface area contributed by atoms with Gasteiger partial charge in [0.1, 0.15) is 13.2 Å². The summed E-state index contributed by atoms with van der Waals surface area (Å²) in [6.45, 7) is 4.66. The van der Waals surface area contributed by atoms with Crippen LogP contribution in [0.15, 0.2) is 60.8 Å². The summed E-state index contributed by atoms with van der Waals surface area (Å²) in [5.74, 6) is -2.27. The highest BCUT2D eigenvalue weighted by Gasteiger charge is 2.22. The van der Waals surface area contributed by atoms with E-state index in [-0.39, 0.29) is 32.2 Å². The van der Waals surface area contributed by atoms with Crippen LogP contribution in [0.2, 0.25) is 0 Å². The molecule has 9 heteroatoms. The van der Waals surface area contributed by atoms with Crippen molar-refractivity contribution < 1.29 is 42.9 Å². The van der Waals surface area contributed by atoms with Crippen LogP contribution >= 0.6 is 0 Å². The third-order valence-electron chi connectivity index (χ3n) is 12.5. The lowest BCUT2D eigenvalue weighted by molar-refractivity contribution is -0.870. The number of rotatable bonds is 53. The number of carbonyl (C=O) groups is 3. The van der Waals surface area contributed by atoms with E-state index >= 15 is 0 Å². The fraction of sp³-hybridized carbons (Fsp3) is 0.787. The van der Waals surface area contributed by atoms with Gasteiger partial charge in [-0.3, -0.25) is 9.59 Å². The van der Waals surface area contributed by atoms with E-state index in [9.17, 15) is 19.5 Å². The van der Waals surface area contributed by atoms with Crippen molar-refractivity contribution in [3.8, 4) is 0 Å². The molecule has 0 amide bonds. The van der Waals surface area contributed by atoms with Crippen LogP contribution in [0.5, 0.6) is 0 Å². The van der Waals surface area contributed by atoms with E-state index in [0.717, 1.165) is 70.6 Å². The molecule has 0 aliphatic carbocycles. The van der Waals surface area contributed by atoms with E-state index in [1.54, 1.807) is 0 Å². The number of hydrogen-bond donors (Lipinski definition) is 0. The zero-order valence-corrected chi connectivity index (χ0v) is 46.1. The van der Waals surface area contributed by atoms with Crippen molar-refractivity contribution in [3.63, 3.8) is 0 Å². The topological polar surface area (TPSA) is 111 Å². The summed E-state index contributed by atoms with van der Waals surface area (Å²) in [6.07, 6.45) is 62.6. The van der Waals surface area contributed by atoms with Gasteiger partial charge in [0.25, 0.3) is 0 Å². The summed E-state index contributed by atoms with van der Waals surface area (Å²) in [7, 11) is 5.92. The first kappa shape index (κ1) is 67.0. The van der Waals surface area contributed by atoms with Crippen LogP contribution in [0, 0.1) is 0 Å². The normalized spacial score (nSPS) is 13.2. The van der Waals surface area contributed by atoms with Gasteiger partial charge in [-0.2, -0.15) is 0 Å². The maximum absolute atomic E-state index is 12.9. The maximum Gasteiger partial charge on any atom is 0.306 e. The molecule has 9 nitrogen and oxygen atoms in total. The minimum Gasteiger partial charge on any atom is -0.545 e. The van der Waals surface area contributed by atoms with Crippen LogP contribution in [-0.4, -0.2) is 82.3 Å². The minimum atomic E-state index is -1.62. The molecule has 0 aromatic heterocycles. The van der Waals surface area contributed by atoms with Crippen molar-refractivity contribution in [1.82, 2.24) is 0 Å². The molecule has 0 spiro atoms. The second-order valence-electron chi connectivity index (χ2n) is 20.6. The molecule has 70 heavy (non-hydrogen) atoms. The molecule has 0 aromatic rings. The van der Waals surface area contributed by atoms with Gasteiger partial charge in [0.2, 0.25) is 0 Å². The Kier molecular flexibility index (Phi) is 50.1. The number of quaternary nitrogens is 1. The Morgan fingerprint density at radius 1 is 0.443 bits per heavy atom. The number of esters is 2. The third kappa shape index (κ3) is 52.8. The molecule has 0 saturated carbocycles. The average Bonchev–Trinajstić information content (AvgIpc) is 3.33. The van der Waals surface area contributed by atoms with E-state index in [0.29, 0.717) is 23.9 Å². The van der Waals surface area contributed by atoms with Gasteiger partial charge in [-0.25, -0.2) is 0 Å². The largest absolute Gasteiger partial charge is 0.545 e. The van der Waals surface area contributed by atoms with Gasteiger partial charge in [-0.1, -0.05) is 242 Å². The third-order valence-corrected chi connectivity index (χ3v) is 12.5. The van der Waals surface area contributed by atoms with Crippen LogP contribution in [0.4, 0.5) is 0 Å². The highest BCUT2D eigenvalue weighted by Crippen LogP contribution is 2.16. The molecular formula is C61H109NO8. The predicted molar refractivity (Wildman–Crippen MR) is 292 cm³/mol. The van der Waals surface area contributed by atoms with Crippen molar-refractivity contribution in [3.05, 3.63) is 60.8 Å². The first-order chi connectivity index (χ1) is 34.1. The minimum absolute atomic E-state index is 0.148. The van der Waals surface area contributed by atoms with Crippen LogP contribution < -0.4 is 5.11 Å². The summed E-state index contributed by atoms with van der Waals surface area (Å²) in [5, 5.41) is 11.8. The first-order valence-electron chi connectivity index (χ1n) is 28.9. The Morgan fingerprint density at radius 2 is 0.814 bits per heavy atom. The highest BCUT2D eigenvalue weighted by molar-refractivity contribution is 5.70. The monoisotopic (exact) mass is 984 g/mol. The number of ether oxygens (including phenoxy) is 4. The zero-order chi connectivity index (χ0) is 51.3. The number of unbranched alkanes of at least 4 members (excludes halogenated alkanes) is 28. The van der Waals surface area contributed by atoms with Crippen LogP contribution in [0.25, 0.3) is 0 Å². The molecule has 0 fully saturated rings. The second kappa shape index (κ2) is 52.3. The van der Waals surface area contributed by atoms with E-state index < -0.39 is 24.3 Å². The molecule has 0 N–H and O–H groups in total. The van der Waals surface area contributed by atoms with Crippen LogP contribution in [0.3, 0.4) is 0 Å². The van der Waals surface area contributed by atoms with E-state index in [2.05, 4.69) is 74.6 Å². The maximum atomic E-state index is 12.9. The van der Waals surface area contributed by atoms with Gasteiger partial charge < -0.3 is 33.3 Å². The number of hydrogen-bond acceptors (Lipinski definition) is 8. The SMILES string of the molecule is CC/C=C\C/C=C\C/C=C\C/C=C\C/C=C\CCCCCCCCCCCCCCCC(=O)OC(COC(=O)CCCCCCCCCCCCCCCCCC)COC(OCC[N+](C)(C)C)C(=O)[O-]. The number of nitrogens with zero attached hydrogens (tertiary/aromatic N) is 1. The van der Waals surface area contributed by atoms with Crippen LogP contribution in [-0.2, 0) is 33.3 Å². The lowest BCUT2D eigenvalue weighted by Gasteiger charge is -2.26. The Hall–Kier alpha value is -3.01. The second-order valence-corrected chi connectivity index (χ2v) is 20.6. The Bertz CT molecular complexity index is 1330. The molecule has 0 bridgehead atoms. The average molecular weight is 985 g/mol. The number of carboxylic acid groups (broad SMARTS) is 1. The highest BCUT2D eigenvalue weighted by atomic mass is 16.7. The molecule has 0 aromatic carbocycles. The molecule has 2 atom stereocenters. The number of likely N-dealkylation sites (N-methyl/N-ethyl adjacent to an activating group) is 1. The van der Waals surface area contributed by atoms with Crippen molar-refractivity contribution in [1.29, 1.82) is 0 Å². The van der Waals surface area contributed by atoms with Crippen molar-refractivity contribution in [2.75, 3.05) is 47.5 Å². The molecule has 0 heterocycles. The predicted octanol–water partition coefficient (Wildman–Crippen LogP) is 15.5. The molecule has 0 aliphatic heterocycles. The number of carboxylic acids is 1. The van der Waals surface area contributed by atoms with Gasteiger partial charge in [0, 0.05) is 12.8 Å². The quantitative estimate of drug-likeness (QED) is 0.0195. The smallest absolute Gasteiger partial charge is 0.306 e. The molecule has 0 rings (SSSR count). The molecule has 406 valence electrons. The van der Waals surface area contributed by atoms with E-state index in [4.69, 9.17) is 18.9 Å². The Balaban J connectivity index is 4.19. The van der Waals surface area contributed by atoms with Gasteiger partial charge in [0.05, 0.1) is 40.3 Å². The van der Waals surface area contributed by atoms with Crippen molar-refractivity contribution in [2.45, 2.75) is 264 Å². The zero-order valence-electron chi connectivity index (χ0n) is 46.1. The summed E-state index contributed by atoms with van der Waals surface area (Å²) in [4.78, 5) is 37.3.